The molecule has 1 saturated carbocycles. The number of esters is 2. The van der Waals surface area contributed by atoms with Gasteiger partial charge < -0.3 is 78.4 Å². The van der Waals surface area contributed by atoms with Gasteiger partial charge in [0.1, 0.15) is 23.7 Å². The highest BCUT2D eigenvalue weighted by molar-refractivity contribution is 6.13. The standard InChI is InChI=1S/C57H91N5O17/c1-15-42-57(10)49(78-54(69)79-57)34(6)61(13)28-30(2)26-55(8,70)48(77-53-46(65)41(60(11)12)24-31(3)72-53)32(4)47(33(5)52(68)74-42)76-44-27-56(9,71-14)50(35(7)73-44)75-43(63)20-21-58-22-23-59-36-16-19-38-40(25-36)62(37-17-18-37)29-39(45(38)64)51(66)67/h16,19,25,30-35,37,39,41-42,44,46-50,53,58-59,65,70H,15,17-18,20-24,26-29H2,1-14H3,(H,66,67)/t30-,31-,32+,33-,34-,35+,39?,41+,42-,44+,46-,47+,48-,49+,50+,53+,55-,56-,57-/m1/s1. The second kappa shape index (κ2) is 25.5. The molecule has 0 aromatic heterocycles. The number of benzene rings is 1. The maximum Gasteiger partial charge on any atom is 0.509 e. The molecular weight excluding hydrogens is 1030 g/mol. The van der Waals surface area contributed by atoms with Gasteiger partial charge in [-0.25, -0.2) is 4.79 Å². The average molecular weight is 1120 g/mol. The molecule has 5 aliphatic heterocycles. The Kier molecular flexibility index (Phi) is 20.1. The molecule has 19 atom stereocenters. The van der Waals surface area contributed by atoms with E-state index < -0.39 is 120 Å². The number of aliphatic hydroxyl groups excluding tert-OH is 1. The van der Waals surface area contributed by atoms with E-state index in [0.717, 1.165) is 24.2 Å². The minimum atomic E-state index is -1.62. The predicted octanol–water partition coefficient (Wildman–Crippen LogP) is 4.59. The van der Waals surface area contributed by atoms with Crippen molar-refractivity contribution >= 4 is 41.2 Å². The average Bonchev–Trinajstić information content (AvgIpc) is 4.18. The lowest BCUT2D eigenvalue weighted by Gasteiger charge is -2.49. The number of rotatable bonds is 17. The molecule has 5 heterocycles. The van der Waals surface area contributed by atoms with Crippen LogP contribution in [0.15, 0.2) is 18.2 Å². The van der Waals surface area contributed by atoms with Gasteiger partial charge in [-0.2, -0.15) is 0 Å². The Balaban J connectivity index is 1.06. The summed E-state index contributed by atoms with van der Waals surface area (Å²) >= 11 is 0. The Morgan fingerprint density at radius 1 is 0.924 bits per heavy atom. The van der Waals surface area contributed by atoms with E-state index in [1.807, 2.05) is 76.5 Å². The second-order valence-electron chi connectivity index (χ2n) is 24.3. The summed E-state index contributed by atoms with van der Waals surface area (Å²) in [6, 6.07) is 4.87. The van der Waals surface area contributed by atoms with Crippen LogP contribution in [-0.4, -0.2) is 212 Å². The molecule has 1 aliphatic carbocycles. The van der Waals surface area contributed by atoms with Gasteiger partial charge in [-0.3, -0.25) is 24.1 Å². The smallest absolute Gasteiger partial charge is 0.481 e. The van der Waals surface area contributed by atoms with Gasteiger partial charge in [0.05, 0.1) is 42.4 Å². The van der Waals surface area contributed by atoms with Crippen molar-refractivity contribution < 1.29 is 81.9 Å². The molecule has 22 heteroatoms. The number of nitrogens with zero attached hydrogens (tertiary/aromatic N) is 3. The van der Waals surface area contributed by atoms with E-state index in [2.05, 4.69) is 10.6 Å². The quantitative estimate of drug-likeness (QED) is 0.0618. The molecule has 0 spiro atoms. The Morgan fingerprint density at radius 2 is 1.63 bits per heavy atom. The van der Waals surface area contributed by atoms with Gasteiger partial charge in [-0.05, 0) is 126 Å². The number of nitrogens with one attached hydrogen (secondary N) is 2. The number of carboxylic acid groups (broad SMARTS) is 1. The predicted molar refractivity (Wildman–Crippen MR) is 289 cm³/mol. The number of hydrogen-bond acceptors (Lipinski definition) is 21. The third-order valence-corrected chi connectivity index (χ3v) is 17.6. The first-order valence-electron chi connectivity index (χ1n) is 28.5. The van der Waals surface area contributed by atoms with Crippen molar-refractivity contribution in [1.82, 2.24) is 15.1 Å². The number of aliphatic carboxylic acids is 1. The maximum atomic E-state index is 14.8. The van der Waals surface area contributed by atoms with E-state index in [4.69, 9.17) is 42.6 Å². The minimum absolute atomic E-state index is 0.0384. The van der Waals surface area contributed by atoms with Crippen LogP contribution >= 0.6 is 0 Å². The Labute approximate surface area is 466 Å². The fraction of sp³-hybridized carbons (Fsp3) is 0.807. The summed E-state index contributed by atoms with van der Waals surface area (Å²) in [7, 11) is 7.18. The maximum absolute atomic E-state index is 14.8. The van der Waals surface area contributed by atoms with Crippen LogP contribution in [0.2, 0.25) is 0 Å². The minimum Gasteiger partial charge on any atom is -0.481 e. The molecule has 5 fully saturated rings. The number of hydrogen-bond donors (Lipinski definition) is 5. The van der Waals surface area contributed by atoms with Crippen LogP contribution in [0.25, 0.3) is 0 Å². The molecule has 22 nitrogen and oxygen atoms in total. The van der Waals surface area contributed by atoms with Gasteiger partial charge in [-0.15, -0.1) is 0 Å². The second-order valence-corrected chi connectivity index (χ2v) is 24.3. The molecule has 79 heavy (non-hydrogen) atoms. The van der Waals surface area contributed by atoms with E-state index in [9.17, 15) is 39.3 Å². The number of carbonyl (C=O) groups is 5. The van der Waals surface area contributed by atoms with E-state index in [0.29, 0.717) is 38.2 Å². The first-order chi connectivity index (χ1) is 37.1. The highest BCUT2D eigenvalue weighted by atomic mass is 16.8. The highest BCUT2D eigenvalue weighted by Gasteiger charge is 2.59. The lowest BCUT2D eigenvalue weighted by Crippen LogP contribution is -2.61. The zero-order valence-corrected chi connectivity index (χ0v) is 48.9. The number of carbonyl (C=O) groups excluding carboxylic acids is 4. The number of methoxy groups -OCH3 is 1. The fourth-order valence-electron chi connectivity index (χ4n) is 12.9. The topological polar surface area (TPSA) is 263 Å². The summed E-state index contributed by atoms with van der Waals surface area (Å²) in [4.78, 5) is 72.1. The molecule has 446 valence electrons. The van der Waals surface area contributed by atoms with Gasteiger partial charge >= 0.3 is 24.1 Å². The Bertz CT molecular complexity index is 2310. The normalized spacial score (nSPS) is 39.8. The number of aliphatic hydroxyl groups is 2. The summed E-state index contributed by atoms with van der Waals surface area (Å²) in [5.41, 5.74) is -2.17. The van der Waals surface area contributed by atoms with Crippen LogP contribution in [0.1, 0.15) is 125 Å². The van der Waals surface area contributed by atoms with Crippen molar-refractivity contribution in [3.8, 4) is 0 Å². The van der Waals surface area contributed by atoms with Gasteiger partial charge in [-0.1, -0.05) is 20.8 Å². The number of likely N-dealkylation sites (N-methyl/N-ethyl adjacent to an activating group) is 2. The number of ether oxygens (including phenoxy) is 9. The van der Waals surface area contributed by atoms with E-state index in [1.54, 1.807) is 46.8 Å². The number of fused-ring (bicyclic) bond motifs is 2. The van der Waals surface area contributed by atoms with Crippen LogP contribution in [0.4, 0.5) is 16.2 Å². The molecular formula is C57H91N5O17. The summed E-state index contributed by atoms with van der Waals surface area (Å²) in [5, 5.41) is 41.0. The molecule has 0 amide bonds. The van der Waals surface area contributed by atoms with Crippen LogP contribution in [0.3, 0.4) is 0 Å². The van der Waals surface area contributed by atoms with Crippen molar-refractivity contribution in [1.29, 1.82) is 0 Å². The SMILES string of the molecule is CC[C@H]1OC(=O)[C@H](C)[C@@H](O[C@H]2C[C@@](C)(OC)[C@@H](OC(=O)CCNCCNc3ccc4c(c3)N(C3CC3)CC(C(=O)O)C4=O)[C@H](C)O2)[C@H](C)[C@@H](O[C@@H]2O[C@H](C)C[C@H](N(C)C)[C@H]2O)[C@](C)(O)C[C@@H](C)CN(C)[C@H](C)[C@@H]2OC(=O)O[C@]12C. The number of cyclic esters (lactones) is 1. The van der Waals surface area contributed by atoms with Gasteiger partial charge in [0.2, 0.25) is 0 Å². The summed E-state index contributed by atoms with van der Waals surface area (Å²) in [6.07, 6.45) is -7.07. The number of ketones is 1. The van der Waals surface area contributed by atoms with Crippen LogP contribution in [0, 0.1) is 23.7 Å². The third kappa shape index (κ3) is 14.0. The number of anilines is 2. The van der Waals surface area contributed by atoms with Crippen molar-refractivity contribution in [2.75, 3.05) is 71.2 Å². The molecule has 5 N–H and O–H groups in total. The molecule has 7 rings (SSSR count). The van der Waals surface area contributed by atoms with E-state index in [1.165, 1.54) is 7.11 Å². The molecule has 1 aromatic carbocycles. The molecule has 6 aliphatic rings. The first kappa shape index (κ1) is 62.4. The molecule has 0 radical (unpaired) electrons. The van der Waals surface area contributed by atoms with Gasteiger partial charge in [0.25, 0.3) is 0 Å². The van der Waals surface area contributed by atoms with Gasteiger partial charge in [0, 0.05) is 87.2 Å². The van der Waals surface area contributed by atoms with Crippen molar-refractivity contribution in [3.05, 3.63) is 23.8 Å². The summed E-state index contributed by atoms with van der Waals surface area (Å²) < 4.78 is 57.1. The highest BCUT2D eigenvalue weighted by Crippen LogP contribution is 2.44. The molecule has 1 unspecified atom stereocenters. The van der Waals surface area contributed by atoms with Crippen molar-refractivity contribution in [2.24, 2.45) is 23.7 Å². The zero-order chi connectivity index (χ0) is 58.1. The number of Topliss-reactive ketones (excluding diaryl/α,β-unsaturated/α-hetero) is 1. The van der Waals surface area contributed by atoms with Crippen molar-refractivity contribution in [3.63, 3.8) is 0 Å². The van der Waals surface area contributed by atoms with Gasteiger partial charge in [0.15, 0.2) is 36.2 Å². The molecule has 4 saturated heterocycles. The molecule has 0 bridgehead atoms. The third-order valence-electron chi connectivity index (χ3n) is 17.6. The van der Waals surface area contributed by atoms with E-state index in [-0.39, 0.29) is 62.1 Å². The largest absolute Gasteiger partial charge is 0.509 e. The summed E-state index contributed by atoms with van der Waals surface area (Å²) in [6.45, 7) is 20.1. The van der Waals surface area contributed by atoms with Crippen LogP contribution < -0.4 is 15.5 Å². The monoisotopic (exact) mass is 1120 g/mol. The fourth-order valence-corrected chi connectivity index (χ4v) is 12.9. The number of carboxylic acids is 1. The Hall–Kier alpha value is -4.23. The first-order valence-corrected chi connectivity index (χ1v) is 28.5. The lowest BCUT2D eigenvalue weighted by molar-refractivity contribution is -0.318. The van der Waals surface area contributed by atoms with Crippen LogP contribution in [-0.2, 0) is 57.0 Å². The Morgan fingerprint density at radius 3 is 2.28 bits per heavy atom. The summed E-state index contributed by atoms with van der Waals surface area (Å²) in [5.74, 6) is -5.79. The molecule has 1 aromatic rings. The van der Waals surface area contributed by atoms with Crippen molar-refractivity contribution in [2.45, 2.75) is 211 Å². The van der Waals surface area contributed by atoms with E-state index >= 15 is 0 Å². The van der Waals surface area contributed by atoms with Crippen LogP contribution in [0.5, 0.6) is 0 Å². The lowest BCUT2D eigenvalue weighted by atomic mass is 9.77. The zero-order valence-electron chi connectivity index (χ0n) is 48.9.